The van der Waals surface area contributed by atoms with Crippen LogP contribution in [0.2, 0.25) is 0 Å². The van der Waals surface area contributed by atoms with Crippen molar-refractivity contribution in [2.24, 2.45) is 5.73 Å². The number of methoxy groups -OCH3 is 1. The van der Waals surface area contributed by atoms with Crippen molar-refractivity contribution in [2.45, 2.75) is 19.3 Å². The highest BCUT2D eigenvalue weighted by Gasteiger charge is 2.04. The molecule has 0 atom stereocenters. The first-order chi connectivity index (χ1) is 9.70. The van der Waals surface area contributed by atoms with Gasteiger partial charge in [-0.1, -0.05) is 42.5 Å². The Morgan fingerprint density at radius 3 is 2.45 bits per heavy atom. The van der Waals surface area contributed by atoms with Crippen LogP contribution < -0.4 is 10.5 Å². The van der Waals surface area contributed by atoms with Gasteiger partial charge in [0.2, 0.25) is 5.91 Å². The zero-order valence-corrected chi connectivity index (χ0v) is 11.6. The first-order valence-corrected chi connectivity index (χ1v) is 6.71. The Morgan fingerprint density at radius 1 is 1.10 bits per heavy atom. The summed E-state index contributed by atoms with van der Waals surface area (Å²) < 4.78 is 5.37. The monoisotopic (exact) mass is 269 g/mol. The van der Waals surface area contributed by atoms with Crippen LogP contribution in [0.15, 0.2) is 48.5 Å². The van der Waals surface area contributed by atoms with E-state index in [0.29, 0.717) is 6.42 Å². The molecule has 2 rings (SSSR count). The topological polar surface area (TPSA) is 52.3 Å². The molecule has 0 aromatic heterocycles. The number of aryl methyl sites for hydroxylation is 1. The fraction of sp³-hybridized carbons (Fsp3) is 0.235. The Morgan fingerprint density at radius 2 is 1.80 bits per heavy atom. The number of benzene rings is 2. The number of ether oxygens (including phenoxy) is 1. The first-order valence-electron chi connectivity index (χ1n) is 6.71. The molecule has 104 valence electrons. The summed E-state index contributed by atoms with van der Waals surface area (Å²) in [5.74, 6) is 0.629. The second kappa shape index (κ2) is 6.75. The number of amides is 1. The molecule has 3 nitrogen and oxygen atoms in total. The highest BCUT2D eigenvalue weighted by Crippen LogP contribution is 2.29. The van der Waals surface area contributed by atoms with Crippen molar-refractivity contribution in [1.82, 2.24) is 0 Å². The van der Waals surface area contributed by atoms with Gasteiger partial charge in [-0.05, 0) is 30.0 Å². The van der Waals surface area contributed by atoms with Gasteiger partial charge in [0.15, 0.2) is 0 Å². The van der Waals surface area contributed by atoms with Crippen LogP contribution in [0.4, 0.5) is 0 Å². The van der Waals surface area contributed by atoms with Crippen LogP contribution in [-0.4, -0.2) is 13.0 Å². The van der Waals surface area contributed by atoms with Crippen LogP contribution in [0, 0.1) is 0 Å². The van der Waals surface area contributed by atoms with Gasteiger partial charge in [-0.3, -0.25) is 4.79 Å². The van der Waals surface area contributed by atoms with Crippen molar-refractivity contribution in [3.8, 4) is 16.9 Å². The molecule has 0 aliphatic carbocycles. The molecule has 0 saturated heterocycles. The minimum Gasteiger partial charge on any atom is -0.496 e. The van der Waals surface area contributed by atoms with Gasteiger partial charge in [0.1, 0.15) is 5.75 Å². The summed E-state index contributed by atoms with van der Waals surface area (Å²) in [6.07, 6.45) is 2.10. The van der Waals surface area contributed by atoms with Gasteiger partial charge in [0.25, 0.3) is 0 Å². The van der Waals surface area contributed by atoms with E-state index >= 15 is 0 Å². The van der Waals surface area contributed by atoms with E-state index in [2.05, 4.69) is 24.3 Å². The number of para-hydroxylation sites is 1. The molecule has 0 aliphatic rings. The van der Waals surface area contributed by atoms with Gasteiger partial charge in [0.05, 0.1) is 7.11 Å². The van der Waals surface area contributed by atoms with E-state index in [1.807, 2.05) is 24.3 Å². The van der Waals surface area contributed by atoms with Gasteiger partial charge in [-0.15, -0.1) is 0 Å². The van der Waals surface area contributed by atoms with Crippen molar-refractivity contribution in [3.63, 3.8) is 0 Å². The van der Waals surface area contributed by atoms with Gasteiger partial charge < -0.3 is 10.5 Å². The number of carbonyl (C=O) groups is 1. The van der Waals surface area contributed by atoms with E-state index in [-0.39, 0.29) is 5.91 Å². The Labute approximate surface area is 119 Å². The molecular formula is C17H19NO2. The molecule has 0 saturated carbocycles. The molecule has 0 fully saturated rings. The highest BCUT2D eigenvalue weighted by atomic mass is 16.5. The first kappa shape index (κ1) is 14.1. The van der Waals surface area contributed by atoms with E-state index in [4.69, 9.17) is 10.5 Å². The third kappa shape index (κ3) is 3.60. The Kier molecular flexibility index (Phi) is 4.77. The zero-order valence-electron chi connectivity index (χ0n) is 11.6. The summed E-state index contributed by atoms with van der Waals surface area (Å²) in [7, 11) is 1.68. The molecule has 0 heterocycles. The quantitative estimate of drug-likeness (QED) is 0.875. The van der Waals surface area contributed by atoms with Gasteiger partial charge in [-0.25, -0.2) is 0 Å². The summed E-state index contributed by atoms with van der Waals surface area (Å²) in [5, 5.41) is 0. The van der Waals surface area contributed by atoms with Gasteiger partial charge in [-0.2, -0.15) is 0 Å². The number of carbonyl (C=O) groups excluding carboxylic acids is 1. The standard InChI is InChI=1S/C17H19NO2/c1-20-16-7-3-2-6-15(16)14-11-9-13(10-12-14)5-4-8-17(18)19/h2-3,6-7,9-12H,4-5,8H2,1H3,(H2,18,19). The third-order valence-electron chi connectivity index (χ3n) is 3.26. The maximum Gasteiger partial charge on any atom is 0.217 e. The van der Waals surface area contributed by atoms with Crippen molar-refractivity contribution in [2.75, 3.05) is 7.11 Å². The van der Waals surface area contributed by atoms with E-state index in [9.17, 15) is 4.79 Å². The number of hydrogen-bond acceptors (Lipinski definition) is 2. The number of primary amides is 1. The Bertz CT molecular complexity index is 576. The van der Waals surface area contributed by atoms with Crippen molar-refractivity contribution >= 4 is 5.91 Å². The maximum absolute atomic E-state index is 10.7. The van der Waals surface area contributed by atoms with Gasteiger partial charge >= 0.3 is 0 Å². The van der Waals surface area contributed by atoms with E-state index in [0.717, 1.165) is 29.7 Å². The molecule has 1 amide bonds. The van der Waals surface area contributed by atoms with Crippen LogP contribution in [0.25, 0.3) is 11.1 Å². The summed E-state index contributed by atoms with van der Waals surface area (Å²) in [5.41, 5.74) is 8.56. The van der Waals surface area contributed by atoms with Crippen LogP contribution in [0.1, 0.15) is 18.4 Å². The smallest absolute Gasteiger partial charge is 0.217 e. The van der Waals surface area contributed by atoms with E-state index in [1.54, 1.807) is 7.11 Å². The molecule has 2 aromatic rings. The second-order valence-electron chi connectivity index (χ2n) is 4.72. The molecule has 0 aliphatic heterocycles. The predicted octanol–water partition coefficient (Wildman–Crippen LogP) is 3.17. The fourth-order valence-corrected chi connectivity index (χ4v) is 2.20. The van der Waals surface area contributed by atoms with Crippen LogP contribution in [-0.2, 0) is 11.2 Å². The molecule has 2 aromatic carbocycles. The molecule has 3 heteroatoms. The number of hydrogen-bond donors (Lipinski definition) is 1. The van der Waals surface area contributed by atoms with Crippen LogP contribution in [0.3, 0.4) is 0 Å². The summed E-state index contributed by atoms with van der Waals surface area (Å²) in [6, 6.07) is 16.3. The van der Waals surface area contributed by atoms with Crippen molar-refractivity contribution in [3.05, 3.63) is 54.1 Å². The lowest BCUT2D eigenvalue weighted by Crippen LogP contribution is -2.10. The lowest BCUT2D eigenvalue weighted by Gasteiger charge is -2.09. The van der Waals surface area contributed by atoms with Crippen LogP contribution in [0.5, 0.6) is 5.75 Å². The largest absolute Gasteiger partial charge is 0.496 e. The molecule has 2 N–H and O–H groups in total. The van der Waals surface area contributed by atoms with Gasteiger partial charge in [0, 0.05) is 12.0 Å². The molecule has 0 bridgehead atoms. The summed E-state index contributed by atoms with van der Waals surface area (Å²) in [4.78, 5) is 10.7. The molecule has 20 heavy (non-hydrogen) atoms. The Balaban J connectivity index is 2.09. The summed E-state index contributed by atoms with van der Waals surface area (Å²) in [6.45, 7) is 0. The SMILES string of the molecule is COc1ccccc1-c1ccc(CCCC(N)=O)cc1. The zero-order chi connectivity index (χ0) is 14.4. The molecular weight excluding hydrogens is 250 g/mol. The fourth-order valence-electron chi connectivity index (χ4n) is 2.20. The number of nitrogens with two attached hydrogens (primary N) is 1. The minimum absolute atomic E-state index is 0.240. The average Bonchev–Trinajstić information content (AvgIpc) is 2.47. The Hall–Kier alpha value is -2.29. The minimum atomic E-state index is -0.240. The lowest BCUT2D eigenvalue weighted by molar-refractivity contribution is -0.118. The predicted molar refractivity (Wildman–Crippen MR) is 80.6 cm³/mol. The average molecular weight is 269 g/mol. The molecule has 0 unspecified atom stereocenters. The molecule has 0 radical (unpaired) electrons. The highest BCUT2D eigenvalue weighted by molar-refractivity contribution is 5.73. The maximum atomic E-state index is 10.7. The molecule has 0 spiro atoms. The summed E-state index contributed by atoms with van der Waals surface area (Å²) >= 11 is 0. The van der Waals surface area contributed by atoms with Crippen LogP contribution >= 0.6 is 0 Å². The second-order valence-corrected chi connectivity index (χ2v) is 4.72. The van der Waals surface area contributed by atoms with Crippen molar-refractivity contribution in [1.29, 1.82) is 0 Å². The lowest BCUT2D eigenvalue weighted by atomic mass is 10.0. The number of rotatable bonds is 6. The van der Waals surface area contributed by atoms with Crippen molar-refractivity contribution < 1.29 is 9.53 Å². The normalized spacial score (nSPS) is 10.2. The van der Waals surface area contributed by atoms with E-state index in [1.165, 1.54) is 5.56 Å². The van der Waals surface area contributed by atoms with E-state index < -0.39 is 0 Å². The third-order valence-corrected chi connectivity index (χ3v) is 3.26.